The second-order valence-corrected chi connectivity index (χ2v) is 6.83. The molecule has 0 heterocycles. The third-order valence-electron chi connectivity index (χ3n) is 3.08. The first-order chi connectivity index (χ1) is 8.72. The van der Waals surface area contributed by atoms with E-state index >= 15 is 0 Å². The molecular formula is C14H21NO3S. The van der Waals surface area contributed by atoms with E-state index < -0.39 is 15.6 Å². The highest BCUT2D eigenvalue weighted by molar-refractivity contribution is 7.89. The van der Waals surface area contributed by atoms with E-state index in [9.17, 15) is 13.2 Å². The summed E-state index contributed by atoms with van der Waals surface area (Å²) in [4.78, 5) is 11.8. The van der Waals surface area contributed by atoms with Gasteiger partial charge in [-0.25, -0.2) is 13.1 Å². The number of rotatable bonds is 6. The molecule has 1 aromatic rings. The highest BCUT2D eigenvalue weighted by Crippen LogP contribution is 2.17. The first kappa shape index (κ1) is 15.9. The number of nitrogens with one attached hydrogen (secondary N) is 1. The van der Waals surface area contributed by atoms with Crippen LogP contribution in [0.25, 0.3) is 0 Å². The molecule has 1 N–H and O–H groups in total. The van der Waals surface area contributed by atoms with Crippen LogP contribution >= 0.6 is 0 Å². The van der Waals surface area contributed by atoms with Gasteiger partial charge in [-0.3, -0.25) is 4.79 Å². The smallest absolute Gasteiger partial charge is 0.241 e. The Labute approximate surface area is 115 Å². The lowest BCUT2D eigenvalue weighted by Crippen LogP contribution is -2.42. The molecule has 0 saturated carbocycles. The molecule has 0 aromatic heterocycles. The van der Waals surface area contributed by atoms with Crippen LogP contribution in [0.1, 0.15) is 50.9 Å². The van der Waals surface area contributed by atoms with E-state index in [1.54, 1.807) is 19.1 Å². The summed E-state index contributed by atoms with van der Waals surface area (Å²) in [5.74, 6) is -0.0631. The van der Waals surface area contributed by atoms with E-state index in [0.29, 0.717) is 18.4 Å². The van der Waals surface area contributed by atoms with Crippen LogP contribution in [0, 0.1) is 0 Å². The van der Waals surface area contributed by atoms with Gasteiger partial charge in [0.2, 0.25) is 10.0 Å². The lowest BCUT2D eigenvalue weighted by atomic mass is 10.0. The molecule has 0 saturated heterocycles. The topological polar surface area (TPSA) is 63.2 Å². The Hall–Kier alpha value is -1.20. The van der Waals surface area contributed by atoms with Crippen molar-refractivity contribution in [3.8, 4) is 0 Å². The summed E-state index contributed by atoms with van der Waals surface area (Å²) in [5.41, 5.74) is -0.0801. The predicted molar refractivity (Wildman–Crippen MR) is 75.8 cm³/mol. The van der Waals surface area contributed by atoms with E-state index in [2.05, 4.69) is 4.72 Å². The van der Waals surface area contributed by atoms with Gasteiger partial charge in [0.25, 0.3) is 0 Å². The molecule has 0 spiro atoms. The van der Waals surface area contributed by atoms with Crippen LogP contribution < -0.4 is 4.72 Å². The lowest BCUT2D eigenvalue weighted by Gasteiger charge is -2.24. The average molecular weight is 283 g/mol. The molecule has 0 amide bonds. The maximum Gasteiger partial charge on any atom is 0.241 e. The van der Waals surface area contributed by atoms with Crippen molar-refractivity contribution in [1.29, 1.82) is 0 Å². The summed E-state index contributed by atoms with van der Waals surface area (Å²) in [6.45, 7) is 7.32. The van der Waals surface area contributed by atoms with Gasteiger partial charge < -0.3 is 0 Å². The zero-order chi connectivity index (χ0) is 14.7. The van der Waals surface area contributed by atoms with Crippen molar-refractivity contribution in [2.24, 2.45) is 0 Å². The van der Waals surface area contributed by atoms with E-state index in [0.717, 1.165) is 0 Å². The number of hydrogen-bond acceptors (Lipinski definition) is 3. The summed E-state index contributed by atoms with van der Waals surface area (Å²) in [7, 11) is -3.60. The largest absolute Gasteiger partial charge is 0.294 e. The second kappa shape index (κ2) is 5.84. The zero-order valence-electron chi connectivity index (χ0n) is 11.9. The van der Waals surface area contributed by atoms with Crippen molar-refractivity contribution in [3.05, 3.63) is 29.8 Å². The first-order valence-electron chi connectivity index (χ1n) is 6.39. The van der Waals surface area contributed by atoms with Crippen LogP contribution in [0.4, 0.5) is 0 Å². The third-order valence-corrected chi connectivity index (χ3v) is 4.78. The third kappa shape index (κ3) is 4.14. The van der Waals surface area contributed by atoms with Gasteiger partial charge in [0, 0.05) is 17.5 Å². The van der Waals surface area contributed by atoms with Crippen molar-refractivity contribution in [2.75, 3.05) is 0 Å². The van der Waals surface area contributed by atoms with Crippen LogP contribution in [0.15, 0.2) is 29.2 Å². The molecule has 19 heavy (non-hydrogen) atoms. The van der Waals surface area contributed by atoms with Crippen LogP contribution in [0.3, 0.4) is 0 Å². The molecule has 0 unspecified atom stereocenters. The fraction of sp³-hybridized carbons (Fsp3) is 0.500. The van der Waals surface area contributed by atoms with E-state index in [-0.39, 0.29) is 10.7 Å². The first-order valence-corrected chi connectivity index (χ1v) is 7.87. The molecule has 4 nitrogen and oxygen atoms in total. The number of sulfonamides is 1. The number of ketones is 1. The minimum absolute atomic E-state index is 0.0631. The summed E-state index contributed by atoms with van der Waals surface area (Å²) in [6, 6.07) is 6.16. The number of hydrogen-bond donors (Lipinski definition) is 1. The molecule has 1 aromatic carbocycles. The minimum atomic E-state index is -3.60. The van der Waals surface area contributed by atoms with Crippen molar-refractivity contribution in [3.63, 3.8) is 0 Å². The van der Waals surface area contributed by atoms with Gasteiger partial charge in [-0.15, -0.1) is 0 Å². The highest BCUT2D eigenvalue weighted by Gasteiger charge is 2.24. The van der Waals surface area contributed by atoms with Gasteiger partial charge in [-0.05, 0) is 32.4 Å². The monoisotopic (exact) mass is 283 g/mol. The van der Waals surface area contributed by atoms with Crippen LogP contribution in [-0.2, 0) is 10.0 Å². The number of carbonyl (C=O) groups excluding carboxylic acids is 1. The molecule has 0 fully saturated rings. The molecule has 0 bridgehead atoms. The summed E-state index contributed by atoms with van der Waals surface area (Å²) < 4.78 is 27.1. The Morgan fingerprint density at radius 2 is 1.89 bits per heavy atom. The molecule has 0 atom stereocenters. The standard InChI is InChI=1S/C14H21NO3S/c1-5-13(16)11-8-7-9-12(10-11)19(17,18)15-14(3,4)6-2/h7-10,15H,5-6H2,1-4H3. The number of benzene rings is 1. The molecular weight excluding hydrogens is 262 g/mol. The van der Waals surface area contributed by atoms with Crippen LogP contribution in [0.2, 0.25) is 0 Å². The second-order valence-electron chi connectivity index (χ2n) is 5.15. The van der Waals surface area contributed by atoms with Gasteiger partial charge in [0.15, 0.2) is 5.78 Å². The SMILES string of the molecule is CCC(=O)c1cccc(S(=O)(=O)NC(C)(C)CC)c1. The highest BCUT2D eigenvalue weighted by atomic mass is 32.2. The van der Waals surface area contributed by atoms with Crippen molar-refractivity contribution < 1.29 is 13.2 Å². The normalized spacial score (nSPS) is 12.4. The molecule has 1 rings (SSSR count). The Kier molecular flexibility index (Phi) is 4.87. The van der Waals surface area contributed by atoms with Crippen molar-refractivity contribution >= 4 is 15.8 Å². The fourth-order valence-electron chi connectivity index (χ4n) is 1.54. The van der Waals surface area contributed by atoms with Gasteiger partial charge >= 0.3 is 0 Å². The van der Waals surface area contributed by atoms with Gasteiger partial charge in [0.1, 0.15) is 0 Å². The van der Waals surface area contributed by atoms with Crippen LogP contribution in [-0.4, -0.2) is 19.7 Å². The zero-order valence-corrected chi connectivity index (χ0v) is 12.7. The molecule has 0 aliphatic heterocycles. The van der Waals surface area contributed by atoms with E-state index in [1.165, 1.54) is 12.1 Å². The van der Waals surface area contributed by atoms with Gasteiger partial charge in [-0.1, -0.05) is 26.0 Å². The minimum Gasteiger partial charge on any atom is -0.294 e. The van der Waals surface area contributed by atoms with Crippen LogP contribution in [0.5, 0.6) is 0 Å². The Morgan fingerprint density at radius 3 is 2.42 bits per heavy atom. The fourth-order valence-corrected chi connectivity index (χ4v) is 3.07. The van der Waals surface area contributed by atoms with Crippen molar-refractivity contribution in [1.82, 2.24) is 4.72 Å². The van der Waals surface area contributed by atoms with E-state index in [4.69, 9.17) is 0 Å². The quantitative estimate of drug-likeness (QED) is 0.816. The summed E-state index contributed by atoms with van der Waals surface area (Å²) >= 11 is 0. The Balaban J connectivity index is 3.12. The Bertz CT molecular complexity index is 562. The van der Waals surface area contributed by atoms with Gasteiger partial charge in [0.05, 0.1) is 4.90 Å². The summed E-state index contributed by atoms with van der Waals surface area (Å²) in [6.07, 6.45) is 1.04. The van der Waals surface area contributed by atoms with Crippen molar-refractivity contribution in [2.45, 2.75) is 51.0 Å². The maximum absolute atomic E-state index is 12.2. The molecule has 106 valence electrons. The molecule has 0 aliphatic rings. The molecule has 5 heteroatoms. The molecule has 0 aliphatic carbocycles. The van der Waals surface area contributed by atoms with Gasteiger partial charge in [-0.2, -0.15) is 0 Å². The summed E-state index contributed by atoms with van der Waals surface area (Å²) in [5, 5.41) is 0. The maximum atomic E-state index is 12.2. The van der Waals surface area contributed by atoms with E-state index in [1.807, 2.05) is 20.8 Å². The number of Topliss-reactive ketones (excluding diaryl/α,β-unsaturated/α-hetero) is 1. The lowest BCUT2D eigenvalue weighted by molar-refractivity contribution is 0.0988. The molecule has 0 radical (unpaired) electrons. The predicted octanol–water partition coefficient (Wildman–Crippen LogP) is 2.75. The Morgan fingerprint density at radius 1 is 1.26 bits per heavy atom. The average Bonchev–Trinajstić information content (AvgIpc) is 2.37. The number of carbonyl (C=O) groups is 1.